The Morgan fingerprint density at radius 2 is 2.14 bits per heavy atom. The van der Waals surface area contributed by atoms with Crippen LogP contribution in [0.4, 0.5) is 0 Å². The van der Waals surface area contributed by atoms with Crippen molar-refractivity contribution in [2.24, 2.45) is 0 Å². The summed E-state index contributed by atoms with van der Waals surface area (Å²) in [5.41, 5.74) is -0.430. The molecule has 2 aliphatic rings. The van der Waals surface area contributed by atoms with Gasteiger partial charge in [-0.25, -0.2) is 4.79 Å². The van der Waals surface area contributed by atoms with Crippen molar-refractivity contribution in [3.05, 3.63) is 30.1 Å². The monoisotopic (exact) mass is 305 g/mol. The molecular formula is C15H19N3O4. The molecule has 1 aromatic rings. The van der Waals surface area contributed by atoms with Gasteiger partial charge in [0.05, 0.1) is 12.2 Å². The Kier molecular flexibility index (Phi) is 3.84. The maximum atomic E-state index is 12.8. The fourth-order valence-electron chi connectivity index (χ4n) is 3.15. The van der Waals surface area contributed by atoms with E-state index in [1.165, 1.54) is 11.1 Å². The van der Waals surface area contributed by atoms with Crippen LogP contribution in [-0.4, -0.2) is 70.3 Å². The molecule has 2 fully saturated rings. The van der Waals surface area contributed by atoms with Crippen molar-refractivity contribution < 1.29 is 19.4 Å². The Hall–Kier alpha value is -1.99. The fourth-order valence-corrected chi connectivity index (χ4v) is 3.15. The first-order valence-electron chi connectivity index (χ1n) is 7.32. The van der Waals surface area contributed by atoms with E-state index in [1.807, 2.05) is 7.05 Å². The number of amides is 1. The molecule has 0 bridgehead atoms. The van der Waals surface area contributed by atoms with Crippen molar-refractivity contribution in [2.75, 3.05) is 26.7 Å². The molecule has 0 aliphatic carbocycles. The highest BCUT2D eigenvalue weighted by molar-refractivity contribution is 5.97. The average molecular weight is 305 g/mol. The first-order chi connectivity index (χ1) is 10.5. The minimum atomic E-state index is -1.03. The number of piperidine rings is 1. The quantitative estimate of drug-likeness (QED) is 0.853. The summed E-state index contributed by atoms with van der Waals surface area (Å²) in [5, 5.41) is 9.45. The Balaban J connectivity index is 1.94. The molecule has 22 heavy (non-hydrogen) atoms. The maximum Gasteiger partial charge on any atom is 0.328 e. The number of rotatable bonds is 2. The van der Waals surface area contributed by atoms with Crippen LogP contribution in [0.25, 0.3) is 0 Å². The van der Waals surface area contributed by atoms with Gasteiger partial charge in [-0.1, -0.05) is 0 Å². The third-order valence-corrected chi connectivity index (χ3v) is 4.44. The molecule has 0 saturated carbocycles. The summed E-state index contributed by atoms with van der Waals surface area (Å²) in [6.45, 7) is 1.57. The highest BCUT2D eigenvalue weighted by Crippen LogP contribution is 2.38. The molecule has 2 aliphatic heterocycles. The van der Waals surface area contributed by atoms with Gasteiger partial charge in [0.25, 0.3) is 5.91 Å². The summed E-state index contributed by atoms with van der Waals surface area (Å²) in [5.74, 6) is -1.37. The summed E-state index contributed by atoms with van der Waals surface area (Å²) < 4.78 is 5.84. The number of likely N-dealkylation sites (tertiary alicyclic amines) is 1. The van der Waals surface area contributed by atoms with Crippen LogP contribution in [0.1, 0.15) is 23.2 Å². The van der Waals surface area contributed by atoms with Gasteiger partial charge in [0.2, 0.25) is 0 Å². The maximum absolute atomic E-state index is 12.8. The Bertz CT molecular complexity index is 569. The van der Waals surface area contributed by atoms with Gasteiger partial charge in [-0.3, -0.25) is 14.7 Å². The molecule has 1 spiro atoms. The molecule has 1 aromatic heterocycles. The van der Waals surface area contributed by atoms with Gasteiger partial charge in [0, 0.05) is 38.3 Å². The van der Waals surface area contributed by atoms with E-state index < -0.39 is 17.7 Å². The van der Waals surface area contributed by atoms with Crippen molar-refractivity contribution in [3.63, 3.8) is 0 Å². The van der Waals surface area contributed by atoms with Gasteiger partial charge in [-0.2, -0.15) is 0 Å². The normalized spacial score (nSPS) is 24.6. The van der Waals surface area contributed by atoms with Crippen molar-refractivity contribution in [1.82, 2.24) is 14.8 Å². The molecule has 1 atom stereocenters. The van der Waals surface area contributed by atoms with E-state index in [4.69, 9.17) is 4.74 Å². The molecule has 7 heteroatoms. The molecule has 118 valence electrons. The van der Waals surface area contributed by atoms with Crippen molar-refractivity contribution in [1.29, 1.82) is 0 Å². The summed E-state index contributed by atoms with van der Waals surface area (Å²) in [6.07, 6.45) is 4.26. The summed E-state index contributed by atoms with van der Waals surface area (Å²) >= 11 is 0. The predicted molar refractivity (Wildman–Crippen MR) is 77.2 cm³/mol. The van der Waals surface area contributed by atoms with E-state index in [1.54, 1.807) is 18.3 Å². The van der Waals surface area contributed by atoms with Crippen LogP contribution < -0.4 is 0 Å². The third kappa shape index (κ3) is 2.46. The fraction of sp³-hybridized carbons (Fsp3) is 0.533. The molecule has 1 unspecified atom stereocenters. The van der Waals surface area contributed by atoms with E-state index in [0.29, 0.717) is 18.4 Å². The summed E-state index contributed by atoms with van der Waals surface area (Å²) in [4.78, 5) is 31.9. The number of carbonyl (C=O) groups is 2. The zero-order chi connectivity index (χ0) is 15.7. The molecule has 2 saturated heterocycles. The number of hydrogen-bond donors (Lipinski definition) is 1. The van der Waals surface area contributed by atoms with E-state index in [9.17, 15) is 14.7 Å². The molecule has 0 radical (unpaired) electrons. The molecule has 3 rings (SSSR count). The van der Waals surface area contributed by atoms with Crippen LogP contribution in [0.15, 0.2) is 24.5 Å². The first-order valence-corrected chi connectivity index (χ1v) is 7.32. The topological polar surface area (TPSA) is 83.0 Å². The standard InChI is InChI=1S/C15H19N3O4/c1-17-7-4-15(5-8-17)18(12(10-22-15)14(20)21)13(19)11-3-2-6-16-9-11/h2-3,6,9,12H,4-5,7-8,10H2,1H3,(H,20,21). The van der Waals surface area contributed by atoms with E-state index in [-0.39, 0.29) is 12.5 Å². The largest absolute Gasteiger partial charge is 0.480 e. The number of aliphatic carboxylic acids is 1. The predicted octanol–water partition coefficient (Wildman–Crippen LogP) is 0.429. The SMILES string of the molecule is CN1CCC2(CC1)OCC(C(=O)O)N2C(=O)c1cccnc1. The number of carboxylic acid groups (broad SMARTS) is 1. The smallest absolute Gasteiger partial charge is 0.328 e. The van der Waals surface area contributed by atoms with Crippen LogP contribution >= 0.6 is 0 Å². The highest BCUT2D eigenvalue weighted by atomic mass is 16.5. The second-order valence-electron chi connectivity index (χ2n) is 5.83. The van der Waals surface area contributed by atoms with Crippen LogP contribution in [0.2, 0.25) is 0 Å². The molecule has 7 nitrogen and oxygen atoms in total. The highest BCUT2D eigenvalue weighted by Gasteiger charge is 2.53. The number of aromatic nitrogens is 1. The Labute approximate surface area is 128 Å². The number of carboxylic acids is 1. The van der Waals surface area contributed by atoms with Crippen molar-refractivity contribution in [3.8, 4) is 0 Å². The number of pyridine rings is 1. The second kappa shape index (κ2) is 5.66. The molecule has 3 heterocycles. The van der Waals surface area contributed by atoms with Gasteiger partial charge < -0.3 is 14.7 Å². The molecular weight excluding hydrogens is 286 g/mol. The van der Waals surface area contributed by atoms with E-state index >= 15 is 0 Å². The van der Waals surface area contributed by atoms with E-state index in [0.717, 1.165) is 13.1 Å². The lowest BCUT2D eigenvalue weighted by Crippen LogP contribution is -2.57. The van der Waals surface area contributed by atoms with Gasteiger partial charge in [-0.15, -0.1) is 0 Å². The number of hydrogen-bond acceptors (Lipinski definition) is 5. The number of carbonyl (C=O) groups excluding carboxylic acids is 1. The minimum Gasteiger partial charge on any atom is -0.480 e. The van der Waals surface area contributed by atoms with Gasteiger partial charge in [-0.05, 0) is 19.2 Å². The van der Waals surface area contributed by atoms with Crippen molar-refractivity contribution >= 4 is 11.9 Å². The number of ether oxygens (including phenoxy) is 1. The number of nitrogens with zero attached hydrogens (tertiary/aromatic N) is 3. The zero-order valence-corrected chi connectivity index (χ0v) is 12.4. The third-order valence-electron chi connectivity index (χ3n) is 4.44. The van der Waals surface area contributed by atoms with Gasteiger partial charge in [0.1, 0.15) is 5.72 Å². The zero-order valence-electron chi connectivity index (χ0n) is 12.4. The lowest BCUT2D eigenvalue weighted by Gasteiger charge is -2.43. The Morgan fingerprint density at radius 3 is 2.73 bits per heavy atom. The summed E-state index contributed by atoms with van der Waals surface area (Å²) in [6, 6.07) is 2.37. The first kappa shape index (κ1) is 14.9. The lowest BCUT2D eigenvalue weighted by atomic mass is 9.97. The lowest BCUT2D eigenvalue weighted by molar-refractivity contribution is -0.143. The summed E-state index contributed by atoms with van der Waals surface area (Å²) in [7, 11) is 2.00. The van der Waals surface area contributed by atoms with E-state index in [2.05, 4.69) is 9.88 Å². The van der Waals surface area contributed by atoms with Gasteiger partial charge >= 0.3 is 5.97 Å². The Morgan fingerprint density at radius 1 is 1.41 bits per heavy atom. The minimum absolute atomic E-state index is 0.0328. The molecule has 1 amide bonds. The van der Waals surface area contributed by atoms with Crippen LogP contribution in [-0.2, 0) is 9.53 Å². The molecule has 1 N–H and O–H groups in total. The molecule has 0 aromatic carbocycles. The average Bonchev–Trinajstić information content (AvgIpc) is 2.90. The second-order valence-corrected chi connectivity index (χ2v) is 5.83. The van der Waals surface area contributed by atoms with Crippen molar-refractivity contribution in [2.45, 2.75) is 24.6 Å². The van der Waals surface area contributed by atoms with Crippen LogP contribution in [0, 0.1) is 0 Å². The van der Waals surface area contributed by atoms with Gasteiger partial charge in [0.15, 0.2) is 6.04 Å². The van der Waals surface area contributed by atoms with Crippen LogP contribution in [0.5, 0.6) is 0 Å². The van der Waals surface area contributed by atoms with Crippen LogP contribution in [0.3, 0.4) is 0 Å².